The number of carbonyl (C=O) groups is 2. The Morgan fingerprint density at radius 3 is 2.00 bits per heavy atom. The molecule has 0 radical (unpaired) electrons. The SMILES string of the molecule is CC(C)C(NC(=O)C12CC3CC(CC(C3)C1)C2)C(=O)N1CCC(CN)CC1. The van der Waals surface area contributed by atoms with E-state index in [1.54, 1.807) is 0 Å². The number of nitrogens with two attached hydrogens (primary N) is 1. The molecule has 1 aliphatic heterocycles. The Morgan fingerprint density at radius 1 is 1.04 bits per heavy atom. The van der Waals surface area contributed by atoms with Crippen LogP contribution in [0, 0.1) is 35.0 Å². The Kier molecular flexibility index (Phi) is 5.26. The highest BCUT2D eigenvalue weighted by Gasteiger charge is 2.55. The van der Waals surface area contributed by atoms with Gasteiger partial charge in [-0.05, 0) is 87.5 Å². The molecule has 152 valence electrons. The molecule has 5 fully saturated rings. The monoisotopic (exact) mass is 375 g/mol. The minimum Gasteiger partial charge on any atom is -0.344 e. The summed E-state index contributed by atoms with van der Waals surface area (Å²) in [4.78, 5) is 28.5. The first kappa shape index (κ1) is 19.2. The Labute approximate surface area is 163 Å². The minimum atomic E-state index is -0.389. The van der Waals surface area contributed by atoms with Crippen molar-refractivity contribution in [2.24, 2.45) is 40.7 Å². The van der Waals surface area contributed by atoms with Crippen LogP contribution in [0.1, 0.15) is 65.2 Å². The molecule has 0 spiro atoms. The van der Waals surface area contributed by atoms with Crippen molar-refractivity contribution in [1.29, 1.82) is 0 Å². The third kappa shape index (κ3) is 3.64. The lowest BCUT2D eigenvalue weighted by molar-refractivity contribution is -0.151. The molecule has 27 heavy (non-hydrogen) atoms. The lowest BCUT2D eigenvalue weighted by Gasteiger charge is -2.56. The van der Waals surface area contributed by atoms with E-state index in [1.807, 2.05) is 4.90 Å². The second-order valence-electron chi connectivity index (χ2n) is 10.4. The highest BCUT2D eigenvalue weighted by molar-refractivity contribution is 5.90. The van der Waals surface area contributed by atoms with Gasteiger partial charge in [-0.15, -0.1) is 0 Å². The van der Waals surface area contributed by atoms with Gasteiger partial charge >= 0.3 is 0 Å². The van der Waals surface area contributed by atoms with Gasteiger partial charge in [-0.1, -0.05) is 13.8 Å². The van der Waals surface area contributed by atoms with Gasteiger partial charge in [0.05, 0.1) is 0 Å². The molecule has 1 atom stereocenters. The first-order valence-corrected chi connectivity index (χ1v) is 11.2. The molecule has 1 unspecified atom stereocenters. The van der Waals surface area contributed by atoms with Crippen molar-refractivity contribution < 1.29 is 9.59 Å². The van der Waals surface area contributed by atoms with Gasteiger partial charge in [0.25, 0.3) is 0 Å². The number of nitrogens with zero attached hydrogens (tertiary/aromatic N) is 1. The molecular formula is C22H37N3O2. The van der Waals surface area contributed by atoms with Crippen LogP contribution in [0.5, 0.6) is 0 Å². The van der Waals surface area contributed by atoms with Gasteiger partial charge in [0.15, 0.2) is 0 Å². The normalized spacial score (nSPS) is 36.9. The molecule has 0 aromatic carbocycles. The summed E-state index contributed by atoms with van der Waals surface area (Å²) < 4.78 is 0. The third-order valence-electron chi connectivity index (χ3n) is 8.00. The molecular weight excluding hydrogens is 338 g/mol. The molecule has 5 aliphatic rings. The fourth-order valence-electron chi connectivity index (χ4n) is 6.78. The highest BCUT2D eigenvalue weighted by atomic mass is 16.2. The molecule has 0 aromatic heterocycles. The molecule has 1 saturated heterocycles. The maximum atomic E-state index is 13.4. The van der Waals surface area contributed by atoms with Crippen molar-refractivity contribution in [3.05, 3.63) is 0 Å². The first-order chi connectivity index (χ1) is 12.9. The Bertz CT molecular complexity index is 545. The van der Waals surface area contributed by atoms with Crippen molar-refractivity contribution in [2.75, 3.05) is 19.6 Å². The standard InChI is InChI=1S/C22H37N3O2/c1-14(2)19(20(26)25-5-3-15(13-23)4-6-25)24-21(27)22-10-16-7-17(11-22)9-18(8-16)12-22/h14-19H,3-13,23H2,1-2H3,(H,24,27). The summed E-state index contributed by atoms with van der Waals surface area (Å²) in [5, 5.41) is 3.24. The van der Waals surface area contributed by atoms with Gasteiger partial charge in [0, 0.05) is 18.5 Å². The zero-order valence-corrected chi connectivity index (χ0v) is 17.1. The van der Waals surface area contributed by atoms with Gasteiger partial charge in [-0.2, -0.15) is 0 Å². The van der Waals surface area contributed by atoms with Crippen LogP contribution in [0.25, 0.3) is 0 Å². The van der Waals surface area contributed by atoms with E-state index in [1.165, 1.54) is 19.3 Å². The topological polar surface area (TPSA) is 75.4 Å². The van der Waals surface area contributed by atoms with Crippen LogP contribution in [0.4, 0.5) is 0 Å². The van der Waals surface area contributed by atoms with Crippen molar-refractivity contribution in [3.8, 4) is 0 Å². The average Bonchev–Trinajstić information content (AvgIpc) is 2.64. The van der Waals surface area contributed by atoms with E-state index in [9.17, 15) is 9.59 Å². The predicted octanol–water partition coefficient (Wildman–Crippen LogP) is 2.54. The van der Waals surface area contributed by atoms with Crippen LogP contribution in [0.3, 0.4) is 0 Å². The average molecular weight is 376 g/mol. The van der Waals surface area contributed by atoms with Gasteiger partial charge in [-0.3, -0.25) is 9.59 Å². The number of hydrogen-bond donors (Lipinski definition) is 2. The summed E-state index contributed by atoms with van der Waals surface area (Å²) in [6.45, 7) is 6.36. The van der Waals surface area contributed by atoms with Crippen LogP contribution >= 0.6 is 0 Å². The molecule has 4 bridgehead atoms. The molecule has 5 rings (SSSR count). The Hall–Kier alpha value is -1.10. The molecule has 5 heteroatoms. The lowest BCUT2D eigenvalue weighted by Crippen LogP contribution is -2.59. The Morgan fingerprint density at radius 2 is 1.56 bits per heavy atom. The second kappa shape index (κ2) is 7.38. The number of hydrogen-bond acceptors (Lipinski definition) is 3. The van der Waals surface area contributed by atoms with Crippen LogP contribution in [0.15, 0.2) is 0 Å². The predicted molar refractivity (Wildman–Crippen MR) is 106 cm³/mol. The maximum absolute atomic E-state index is 13.4. The van der Waals surface area contributed by atoms with Crippen molar-refractivity contribution in [1.82, 2.24) is 10.2 Å². The minimum absolute atomic E-state index is 0.110. The van der Waals surface area contributed by atoms with E-state index in [-0.39, 0.29) is 29.2 Å². The maximum Gasteiger partial charge on any atom is 0.245 e. The van der Waals surface area contributed by atoms with Crippen LogP contribution in [-0.2, 0) is 9.59 Å². The summed E-state index contributed by atoms with van der Waals surface area (Å²) in [5.41, 5.74) is 5.60. The van der Waals surface area contributed by atoms with E-state index in [0.29, 0.717) is 12.5 Å². The lowest BCUT2D eigenvalue weighted by atomic mass is 9.49. The van der Waals surface area contributed by atoms with E-state index in [0.717, 1.165) is 62.9 Å². The third-order valence-corrected chi connectivity index (χ3v) is 8.00. The summed E-state index contributed by atoms with van der Waals surface area (Å²) in [7, 11) is 0. The highest BCUT2D eigenvalue weighted by Crippen LogP contribution is 2.60. The fraction of sp³-hybridized carbons (Fsp3) is 0.909. The molecule has 2 amide bonds. The quantitative estimate of drug-likeness (QED) is 0.775. The molecule has 4 aliphatic carbocycles. The fourth-order valence-corrected chi connectivity index (χ4v) is 6.78. The zero-order valence-electron chi connectivity index (χ0n) is 17.1. The van der Waals surface area contributed by atoms with Crippen LogP contribution in [-0.4, -0.2) is 42.4 Å². The van der Waals surface area contributed by atoms with Crippen molar-refractivity contribution >= 4 is 11.8 Å². The summed E-state index contributed by atoms with van der Waals surface area (Å²) in [6, 6.07) is -0.389. The zero-order chi connectivity index (χ0) is 19.2. The summed E-state index contributed by atoms with van der Waals surface area (Å²) in [5.74, 6) is 3.15. The molecule has 4 saturated carbocycles. The van der Waals surface area contributed by atoms with Crippen LogP contribution < -0.4 is 11.1 Å². The van der Waals surface area contributed by atoms with Gasteiger partial charge in [-0.25, -0.2) is 0 Å². The molecule has 5 nitrogen and oxygen atoms in total. The number of likely N-dealkylation sites (tertiary alicyclic amines) is 1. The summed E-state index contributed by atoms with van der Waals surface area (Å²) >= 11 is 0. The molecule has 0 aromatic rings. The van der Waals surface area contributed by atoms with Crippen molar-refractivity contribution in [3.63, 3.8) is 0 Å². The number of rotatable bonds is 5. The Balaban J connectivity index is 1.42. The van der Waals surface area contributed by atoms with Crippen LogP contribution in [0.2, 0.25) is 0 Å². The number of nitrogens with one attached hydrogen (secondary N) is 1. The number of carbonyl (C=O) groups excluding carboxylic acids is 2. The smallest absolute Gasteiger partial charge is 0.245 e. The summed E-state index contributed by atoms with van der Waals surface area (Å²) in [6.07, 6.45) is 9.09. The van der Waals surface area contributed by atoms with E-state index in [2.05, 4.69) is 19.2 Å². The number of piperidine rings is 1. The van der Waals surface area contributed by atoms with Gasteiger partial charge in [0.1, 0.15) is 6.04 Å². The largest absolute Gasteiger partial charge is 0.344 e. The molecule has 3 N–H and O–H groups in total. The second-order valence-corrected chi connectivity index (χ2v) is 10.4. The molecule has 1 heterocycles. The van der Waals surface area contributed by atoms with Gasteiger partial charge in [0.2, 0.25) is 11.8 Å². The first-order valence-electron chi connectivity index (χ1n) is 11.2. The van der Waals surface area contributed by atoms with Crippen molar-refractivity contribution in [2.45, 2.75) is 71.3 Å². The number of amides is 2. The van der Waals surface area contributed by atoms with E-state index < -0.39 is 0 Å². The van der Waals surface area contributed by atoms with E-state index in [4.69, 9.17) is 5.73 Å². The van der Waals surface area contributed by atoms with E-state index >= 15 is 0 Å². The van der Waals surface area contributed by atoms with Gasteiger partial charge < -0.3 is 16.0 Å².